The first-order valence-electron chi connectivity index (χ1n) is 11.3. The Bertz CT molecular complexity index is 461. The van der Waals surface area contributed by atoms with Gasteiger partial charge in [0.2, 0.25) is 0 Å². The zero-order chi connectivity index (χ0) is 20.5. The van der Waals surface area contributed by atoms with Gasteiger partial charge >= 0.3 is 0 Å². The molecule has 0 heterocycles. The highest BCUT2D eigenvalue weighted by Gasteiger charge is 2.16. The van der Waals surface area contributed by atoms with E-state index in [-0.39, 0.29) is 0 Å². The number of benzene rings is 1. The van der Waals surface area contributed by atoms with Gasteiger partial charge in [-0.2, -0.15) is 0 Å². The van der Waals surface area contributed by atoms with Crippen molar-refractivity contribution < 1.29 is 9.47 Å². The summed E-state index contributed by atoms with van der Waals surface area (Å²) in [6.45, 7) is 5.89. The maximum absolute atomic E-state index is 6.16. The average molecular weight is 431 g/mol. The summed E-state index contributed by atoms with van der Waals surface area (Å²) in [6, 6.07) is 4.03. The predicted octanol–water partition coefficient (Wildman–Crippen LogP) is 8.64. The quantitative estimate of drug-likeness (QED) is 0.171. The minimum atomic E-state index is 0.418. The van der Waals surface area contributed by atoms with Crippen molar-refractivity contribution in [1.82, 2.24) is 0 Å². The molecule has 0 bridgehead atoms. The summed E-state index contributed by atoms with van der Waals surface area (Å²) < 4.78 is 12.3. The van der Waals surface area contributed by atoms with Crippen LogP contribution in [0.5, 0.6) is 11.5 Å². The standard InChI is InChI=1S/C24H40Cl2O2/c1-3-5-7-9-11-13-17-27-23-21(19-25)15-16-22(20-26)24(23)28-18-14-12-10-8-6-4-2/h15-16H,3-14,17-20H2,1-2H3. The molecule has 0 aliphatic rings. The Hall–Kier alpha value is -0.600. The lowest BCUT2D eigenvalue weighted by molar-refractivity contribution is 0.255. The Morgan fingerprint density at radius 3 is 1.29 bits per heavy atom. The Morgan fingerprint density at radius 1 is 0.571 bits per heavy atom. The molecule has 0 saturated heterocycles. The van der Waals surface area contributed by atoms with E-state index in [4.69, 9.17) is 32.7 Å². The predicted molar refractivity (Wildman–Crippen MR) is 123 cm³/mol. The number of alkyl halides is 2. The molecule has 0 atom stereocenters. The molecule has 162 valence electrons. The molecule has 0 unspecified atom stereocenters. The van der Waals surface area contributed by atoms with Gasteiger partial charge < -0.3 is 9.47 Å². The van der Waals surface area contributed by atoms with Gasteiger partial charge in [0, 0.05) is 11.1 Å². The fourth-order valence-corrected chi connectivity index (χ4v) is 3.71. The summed E-state index contributed by atoms with van der Waals surface area (Å²) in [6.07, 6.45) is 14.9. The summed E-state index contributed by atoms with van der Waals surface area (Å²) in [5.41, 5.74) is 1.97. The van der Waals surface area contributed by atoms with Crippen LogP contribution in [0.3, 0.4) is 0 Å². The van der Waals surface area contributed by atoms with Gasteiger partial charge in [0.25, 0.3) is 0 Å². The van der Waals surface area contributed by atoms with Crippen molar-refractivity contribution in [3.05, 3.63) is 23.3 Å². The van der Waals surface area contributed by atoms with Crippen molar-refractivity contribution in [2.24, 2.45) is 0 Å². The van der Waals surface area contributed by atoms with Crippen LogP contribution in [0.1, 0.15) is 102 Å². The maximum Gasteiger partial charge on any atom is 0.165 e. The summed E-state index contributed by atoms with van der Waals surface area (Å²) in [5, 5.41) is 0. The molecular formula is C24H40Cl2O2. The fraction of sp³-hybridized carbons (Fsp3) is 0.750. The zero-order valence-corrected chi connectivity index (χ0v) is 19.6. The molecule has 0 fully saturated rings. The van der Waals surface area contributed by atoms with Crippen LogP contribution in [0.2, 0.25) is 0 Å². The fourth-order valence-electron chi connectivity index (χ4n) is 3.28. The molecule has 0 aromatic heterocycles. The molecule has 0 aliphatic carbocycles. The Morgan fingerprint density at radius 2 is 0.929 bits per heavy atom. The van der Waals surface area contributed by atoms with Gasteiger partial charge in [-0.25, -0.2) is 0 Å². The lowest BCUT2D eigenvalue weighted by Crippen LogP contribution is -2.07. The van der Waals surface area contributed by atoms with Crippen LogP contribution in [0.15, 0.2) is 12.1 Å². The molecule has 1 aromatic carbocycles. The van der Waals surface area contributed by atoms with E-state index in [9.17, 15) is 0 Å². The average Bonchev–Trinajstić information content (AvgIpc) is 2.72. The normalized spacial score (nSPS) is 11.0. The highest BCUT2D eigenvalue weighted by Crippen LogP contribution is 2.37. The molecule has 1 aromatic rings. The van der Waals surface area contributed by atoms with E-state index in [1.165, 1.54) is 64.2 Å². The first-order valence-corrected chi connectivity index (χ1v) is 12.4. The SMILES string of the molecule is CCCCCCCCOc1c(CCl)ccc(CCl)c1OCCCCCCCC. The van der Waals surface area contributed by atoms with E-state index in [0.29, 0.717) is 25.0 Å². The first-order chi connectivity index (χ1) is 13.8. The number of unbranched alkanes of at least 4 members (excludes halogenated alkanes) is 10. The Kier molecular flexibility index (Phi) is 15.7. The van der Waals surface area contributed by atoms with Crippen molar-refractivity contribution in [2.75, 3.05) is 13.2 Å². The molecule has 0 N–H and O–H groups in total. The van der Waals surface area contributed by atoms with Crippen molar-refractivity contribution >= 4 is 23.2 Å². The zero-order valence-electron chi connectivity index (χ0n) is 18.0. The van der Waals surface area contributed by atoms with Crippen molar-refractivity contribution in [1.29, 1.82) is 0 Å². The third-order valence-electron chi connectivity index (χ3n) is 5.05. The van der Waals surface area contributed by atoms with Gasteiger partial charge in [-0.05, 0) is 12.8 Å². The van der Waals surface area contributed by atoms with Gasteiger partial charge in [0.15, 0.2) is 11.5 Å². The van der Waals surface area contributed by atoms with Crippen LogP contribution >= 0.6 is 23.2 Å². The molecular weight excluding hydrogens is 391 g/mol. The lowest BCUT2D eigenvalue weighted by atomic mass is 10.1. The van der Waals surface area contributed by atoms with Gasteiger partial charge in [0.05, 0.1) is 25.0 Å². The van der Waals surface area contributed by atoms with Crippen LogP contribution in [-0.4, -0.2) is 13.2 Å². The van der Waals surface area contributed by atoms with E-state index in [1.54, 1.807) is 0 Å². The number of hydrogen-bond acceptors (Lipinski definition) is 2. The third-order valence-corrected chi connectivity index (χ3v) is 5.63. The molecule has 4 heteroatoms. The van der Waals surface area contributed by atoms with Crippen molar-refractivity contribution in [3.8, 4) is 11.5 Å². The smallest absolute Gasteiger partial charge is 0.165 e. The van der Waals surface area contributed by atoms with E-state index < -0.39 is 0 Å². The molecule has 0 radical (unpaired) electrons. The van der Waals surface area contributed by atoms with E-state index in [1.807, 2.05) is 12.1 Å². The number of hydrogen-bond donors (Lipinski definition) is 0. The van der Waals surface area contributed by atoms with Crippen LogP contribution < -0.4 is 9.47 Å². The summed E-state index contributed by atoms with van der Waals surface area (Å²) in [7, 11) is 0. The second-order valence-electron chi connectivity index (χ2n) is 7.54. The Balaban J connectivity index is 2.57. The molecule has 0 amide bonds. The maximum atomic E-state index is 6.16. The largest absolute Gasteiger partial charge is 0.489 e. The van der Waals surface area contributed by atoms with Crippen LogP contribution in [0.25, 0.3) is 0 Å². The highest BCUT2D eigenvalue weighted by molar-refractivity contribution is 6.18. The number of halogens is 2. The minimum absolute atomic E-state index is 0.418. The van der Waals surface area contributed by atoms with Crippen LogP contribution in [0, 0.1) is 0 Å². The van der Waals surface area contributed by atoms with Crippen LogP contribution in [-0.2, 0) is 11.8 Å². The van der Waals surface area contributed by atoms with Gasteiger partial charge in [-0.1, -0.05) is 90.2 Å². The second-order valence-corrected chi connectivity index (χ2v) is 8.08. The summed E-state index contributed by atoms with van der Waals surface area (Å²) >= 11 is 12.3. The molecule has 0 spiro atoms. The summed E-state index contributed by atoms with van der Waals surface area (Å²) in [4.78, 5) is 0. The van der Waals surface area contributed by atoms with Gasteiger partial charge in [0.1, 0.15) is 0 Å². The Labute approximate surface area is 183 Å². The van der Waals surface area contributed by atoms with Gasteiger partial charge in [-0.15, -0.1) is 23.2 Å². The minimum Gasteiger partial charge on any atom is -0.489 e. The number of rotatable bonds is 18. The second kappa shape index (κ2) is 17.3. The topological polar surface area (TPSA) is 18.5 Å². The van der Waals surface area contributed by atoms with Crippen LogP contribution in [0.4, 0.5) is 0 Å². The first kappa shape index (κ1) is 25.4. The third kappa shape index (κ3) is 10.3. The molecule has 0 aliphatic heterocycles. The molecule has 2 nitrogen and oxygen atoms in total. The van der Waals surface area contributed by atoms with Crippen molar-refractivity contribution in [2.45, 2.75) is 103 Å². The number of ether oxygens (including phenoxy) is 2. The monoisotopic (exact) mass is 430 g/mol. The van der Waals surface area contributed by atoms with Gasteiger partial charge in [-0.3, -0.25) is 0 Å². The van der Waals surface area contributed by atoms with E-state index in [0.717, 1.165) is 35.5 Å². The van der Waals surface area contributed by atoms with E-state index in [2.05, 4.69) is 13.8 Å². The van der Waals surface area contributed by atoms with Crippen molar-refractivity contribution in [3.63, 3.8) is 0 Å². The molecule has 0 saturated carbocycles. The summed E-state index contributed by atoms with van der Waals surface area (Å²) in [5.74, 6) is 2.43. The molecule has 28 heavy (non-hydrogen) atoms. The highest BCUT2D eigenvalue weighted by atomic mass is 35.5. The van der Waals surface area contributed by atoms with E-state index >= 15 is 0 Å². The molecule has 1 rings (SSSR count). The lowest BCUT2D eigenvalue weighted by Gasteiger charge is -2.18.